The zero-order valence-electron chi connectivity index (χ0n) is 13.9. The Hall–Kier alpha value is -0.0800. The Labute approximate surface area is 129 Å². The first-order valence-corrected chi connectivity index (χ1v) is 9.39. The average Bonchev–Trinajstić information content (AvgIpc) is 2.76. The molecule has 0 radical (unpaired) electrons. The van der Waals surface area contributed by atoms with E-state index in [2.05, 4.69) is 13.8 Å². The Bertz CT molecular complexity index is 424. The van der Waals surface area contributed by atoms with Crippen LogP contribution in [0.25, 0.3) is 0 Å². The third kappa shape index (κ3) is 1.91. The van der Waals surface area contributed by atoms with Crippen LogP contribution < -0.4 is 5.73 Å². The highest BCUT2D eigenvalue weighted by atomic mass is 16.3. The molecular weight excluding hydrogens is 258 g/mol. The lowest BCUT2D eigenvalue weighted by molar-refractivity contribution is -0.122. The van der Waals surface area contributed by atoms with Crippen LogP contribution in [0.2, 0.25) is 0 Å². The van der Waals surface area contributed by atoms with E-state index in [1.807, 2.05) is 0 Å². The van der Waals surface area contributed by atoms with Crippen LogP contribution in [0.5, 0.6) is 0 Å². The second kappa shape index (κ2) is 4.71. The standard InChI is InChI=1S/C19H33NO/c1-18-9-7-13(20)11-12(18)3-4-14-15-5-6-17(21)19(15,2)10-8-16(14)18/h12-17,21H,3-11,20H2,1-2H3/t12-,13+,14+,15+,16+,17+,18+,19+/m1/s1. The fraction of sp³-hybridized carbons (Fsp3) is 1.00. The second-order valence-electron chi connectivity index (χ2n) is 9.33. The Morgan fingerprint density at radius 2 is 1.57 bits per heavy atom. The van der Waals surface area contributed by atoms with Crippen molar-refractivity contribution in [3.63, 3.8) is 0 Å². The Balaban J connectivity index is 1.62. The van der Waals surface area contributed by atoms with Gasteiger partial charge in [0.2, 0.25) is 0 Å². The molecule has 0 amide bonds. The van der Waals surface area contributed by atoms with Crippen LogP contribution >= 0.6 is 0 Å². The minimum absolute atomic E-state index is 0.0336. The number of hydrogen-bond acceptors (Lipinski definition) is 2. The summed E-state index contributed by atoms with van der Waals surface area (Å²) < 4.78 is 0. The molecule has 3 N–H and O–H groups in total. The van der Waals surface area contributed by atoms with E-state index in [9.17, 15) is 5.11 Å². The van der Waals surface area contributed by atoms with E-state index in [4.69, 9.17) is 5.73 Å². The summed E-state index contributed by atoms with van der Waals surface area (Å²) in [5.74, 6) is 3.46. The normalized spacial score (nSPS) is 60.0. The zero-order valence-corrected chi connectivity index (χ0v) is 13.9. The van der Waals surface area contributed by atoms with E-state index < -0.39 is 0 Å². The monoisotopic (exact) mass is 291 g/mol. The molecule has 4 saturated carbocycles. The lowest BCUT2D eigenvalue weighted by atomic mass is 9.45. The molecule has 0 unspecified atom stereocenters. The van der Waals surface area contributed by atoms with Crippen LogP contribution in [0.15, 0.2) is 0 Å². The highest BCUT2D eigenvalue weighted by molar-refractivity contribution is 5.09. The van der Waals surface area contributed by atoms with Crippen molar-refractivity contribution in [3.05, 3.63) is 0 Å². The van der Waals surface area contributed by atoms with Gasteiger partial charge in [0.15, 0.2) is 0 Å². The van der Waals surface area contributed by atoms with Crippen molar-refractivity contribution in [2.45, 2.75) is 83.8 Å². The van der Waals surface area contributed by atoms with Gasteiger partial charge >= 0.3 is 0 Å². The Kier molecular flexibility index (Phi) is 3.25. The van der Waals surface area contributed by atoms with Crippen LogP contribution in [0.4, 0.5) is 0 Å². The summed E-state index contributed by atoms with van der Waals surface area (Å²) in [6.45, 7) is 4.98. The molecule has 0 aliphatic heterocycles. The van der Waals surface area contributed by atoms with Gasteiger partial charge in [-0.3, -0.25) is 0 Å². The third-order valence-corrected chi connectivity index (χ3v) is 8.66. The number of fused-ring (bicyclic) bond motifs is 5. The van der Waals surface area contributed by atoms with Gasteiger partial charge in [0.05, 0.1) is 6.10 Å². The van der Waals surface area contributed by atoms with Crippen molar-refractivity contribution in [2.24, 2.45) is 40.2 Å². The topological polar surface area (TPSA) is 46.2 Å². The van der Waals surface area contributed by atoms with Crippen molar-refractivity contribution in [3.8, 4) is 0 Å². The first-order valence-electron chi connectivity index (χ1n) is 9.39. The summed E-state index contributed by atoms with van der Waals surface area (Å²) in [4.78, 5) is 0. The van der Waals surface area contributed by atoms with Crippen LogP contribution in [0.3, 0.4) is 0 Å². The van der Waals surface area contributed by atoms with Crippen molar-refractivity contribution in [2.75, 3.05) is 0 Å². The number of hydrogen-bond donors (Lipinski definition) is 2. The maximum absolute atomic E-state index is 10.5. The fourth-order valence-electron chi connectivity index (χ4n) is 7.26. The van der Waals surface area contributed by atoms with Gasteiger partial charge < -0.3 is 10.8 Å². The molecule has 21 heavy (non-hydrogen) atoms. The molecule has 0 aromatic rings. The zero-order chi connectivity index (χ0) is 14.8. The molecule has 4 aliphatic rings. The summed E-state index contributed by atoms with van der Waals surface area (Å²) in [5, 5.41) is 10.5. The summed E-state index contributed by atoms with van der Waals surface area (Å²) in [5.41, 5.74) is 7.04. The molecule has 2 nitrogen and oxygen atoms in total. The number of aliphatic hydroxyl groups is 1. The van der Waals surface area contributed by atoms with Gasteiger partial charge in [-0.1, -0.05) is 13.8 Å². The lowest BCUT2D eigenvalue weighted by Crippen LogP contribution is -2.55. The highest BCUT2D eigenvalue weighted by Gasteiger charge is 2.59. The maximum atomic E-state index is 10.5. The quantitative estimate of drug-likeness (QED) is 0.714. The summed E-state index contributed by atoms with van der Waals surface area (Å²) >= 11 is 0. The molecule has 2 heteroatoms. The highest BCUT2D eigenvalue weighted by Crippen LogP contribution is 2.66. The minimum atomic E-state index is -0.0336. The van der Waals surface area contributed by atoms with Gasteiger partial charge in [-0.05, 0) is 92.3 Å². The van der Waals surface area contributed by atoms with E-state index in [1.165, 1.54) is 51.4 Å². The van der Waals surface area contributed by atoms with Crippen LogP contribution in [0, 0.1) is 34.5 Å². The van der Waals surface area contributed by atoms with E-state index in [1.54, 1.807) is 0 Å². The average molecular weight is 291 g/mol. The SMILES string of the molecule is C[C@]12CC[C@H](N)C[C@H]1CC[C@@H]1[C@@H]2CC[C@]2(C)[C@@H](O)CC[C@@H]12. The van der Waals surface area contributed by atoms with Crippen LogP contribution in [-0.4, -0.2) is 17.3 Å². The molecule has 4 rings (SSSR count). The lowest BCUT2D eigenvalue weighted by Gasteiger charge is -2.60. The first-order chi connectivity index (χ1) is 9.95. The third-order valence-electron chi connectivity index (χ3n) is 8.66. The molecule has 0 saturated heterocycles. The van der Waals surface area contributed by atoms with Crippen LogP contribution in [-0.2, 0) is 0 Å². The van der Waals surface area contributed by atoms with Gasteiger partial charge in [0, 0.05) is 6.04 Å². The predicted molar refractivity (Wildman–Crippen MR) is 85.7 cm³/mol. The summed E-state index contributed by atoms with van der Waals surface area (Å²) in [6, 6.07) is 0.460. The van der Waals surface area contributed by atoms with Gasteiger partial charge in [-0.15, -0.1) is 0 Å². The number of nitrogens with two attached hydrogens (primary N) is 1. The molecule has 0 heterocycles. The van der Waals surface area contributed by atoms with Crippen molar-refractivity contribution >= 4 is 0 Å². The minimum Gasteiger partial charge on any atom is -0.393 e. The number of aliphatic hydroxyl groups excluding tert-OH is 1. The van der Waals surface area contributed by atoms with E-state index in [0.717, 1.165) is 30.1 Å². The fourth-order valence-corrected chi connectivity index (χ4v) is 7.26. The van der Waals surface area contributed by atoms with E-state index in [0.29, 0.717) is 11.5 Å². The van der Waals surface area contributed by atoms with Gasteiger partial charge in [0.1, 0.15) is 0 Å². The molecule has 0 bridgehead atoms. The molecule has 0 spiro atoms. The van der Waals surface area contributed by atoms with Gasteiger partial charge in [-0.25, -0.2) is 0 Å². The summed E-state index contributed by atoms with van der Waals surface area (Å²) in [6.07, 6.45) is 11.6. The molecule has 8 atom stereocenters. The Morgan fingerprint density at radius 3 is 2.38 bits per heavy atom. The van der Waals surface area contributed by atoms with E-state index in [-0.39, 0.29) is 11.5 Å². The molecule has 4 fully saturated rings. The van der Waals surface area contributed by atoms with Crippen molar-refractivity contribution < 1.29 is 5.11 Å². The van der Waals surface area contributed by atoms with Gasteiger partial charge in [-0.2, -0.15) is 0 Å². The van der Waals surface area contributed by atoms with E-state index >= 15 is 0 Å². The first kappa shape index (κ1) is 14.5. The molecular formula is C19H33NO. The predicted octanol–water partition coefficient (Wildman–Crippen LogP) is 3.72. The number of rotatable bonds is 0. The molecule has 4 aliphatic carbocycles. The second-order valence-corrected chi connectivity index (χ2v) is 9.33. The van der Waals surface area contributed by atoms with Crippen molar-refractivity contribution in [1.82, 2.24) is 0 Å². The Morgan fingerprint density at radius 1 is 0.857 bits per heavy atom. The van der Waals surface area contributed by atoms with Gasteiger partial charge in [0.25, 0.3) is 0 Å². The summed E-state index contributed by atoms with van der Waals surface area (Å²) in [7, 11) is 0. The molecule has 0 aromatic carbocycles. The molecule has 0 aromatic heterocycles. The smallest absolute Gasteiger partial charge is 0.0596 e. The maximum Gasteiger partial charge on any atom is 0.0596 e. The molecule has 120 valence electrons. The van der Waals surface area contributed by atoms with Crippen LogP contribution in [0.1, 0.15) is 71.6 Å². The largest absolute Gasteiger partial charge is 0.393 e. The van der Waals surface area contributed by atoms with Crippen molar-refractivity contribution in [1.29, 1.82) is 0 Å².